The molecule has 0 atom stereocenters. The Hall–Kier alpha value is -2.84. The largest absolute Gasteiger partial charge is 0.493 e. The molecular formula is C24H26N2O4S2. The van der Waals surface area contributed by atoms with Gasteiger partial charge < -0.3 is 14.8 Å². The predicted molar refractivity (Wildman–Crippen MR) is 133 cm³/mol. The Morgan fingerprint density at radius 3 is 2.56 bits per heavy atom. The van der Waals surface area contributed by atoms with Crippen LogP contribution in [0.2, 0.25) is 0 Å². The zero-order chi connectivity index (χ0) is 23.3. The number of anilines is 1. The van der Waals surface area contributed by atoms with Crippen molar-refractivity contribution in [2.24, 2.45) is 0 Å². The van der Waals surface area contributed by atoms with Crippen molar-refractivity contribution in [3.05, 3.63) is 58.0 Å². The molecule has 1 saturated heterocycles. The van der Waals surface area contributed by atoms with Gasteiger partial charge in [-0.3, -0.25) is 14.5 Å². The van der Waals surface area contributed by atoms with Crippen molar-refractivity contribution in [3.63, 3.8) is 0 Å². The van der Waals surface area contributed by atoms with E-state index in [2.05, 4.69) is 5.32 Å². The lowest BCUT2D eigenvalue weighted by atomic mass is 10.1. The van der Waals surface area contributed by atoms with Crippen molar-refractivity contribution in [3.8, 4) is 11.5 Å². The quantitative estimate of drug-likeness (QED) is 0.435. The molecule has 0 radical (unpaired) electrons. The molecule has 0 saturated carbocycles. The summed E-state index contributed by atoms with van der Waals surface area (Å²) in [5.74, 6) is 0.982. The number of nitrogens with one attached hydrogen (secondary N) is 1. The second-order valence-electron chi connectivity index (χ2n) is 7.42. The number of carbonyl (C=O) groups excluding carboxylic acids is 2. The standard InChI is InChI=1S/C24H26N2O4S2/c1-15-7-9-18(16(2)12-15)25-22(27)6-5-11-26-23(28)21(32-24(26)31)14-17-8-10-19(29-3)20(13-17)30-4/h7-10,12-14H,5-6,11H2,1-4H3,(H,25,27). The number of ether oxygens (including phenoxy) is 2. The number of hydrogen-bond acceptors (Lipinski definition) is 6. The fraction of sp³-hybridized carbons (Fsp3) is 0.292. The summed E-state index contributed by atoms with van der Waals surface area (Å²) in [5, 5.41) is 2.93. The van der Waals surface area contributed by atoms with E-state index in [-0.39, 0.29) is 11.8 Å². The molecule has 1 aliphatic rings. The first-order valence-corrected chi connectivity index (χ1v) is 11.4. The average molecular weight is 471 g/mol. The van der Waals surface area contributed by atoms with Crippen LogP contribution in [-0.2, 0) is 9.59 Å². The molecule has 32 heavy (non-hydrogen) atoms. The maximum atomic E-state index is 12.8. The van der Waals surface area contributed by atoms with E-state index in [1.165, 1.54) is 11.8 Å². The summed E-state index contributed by atoms with van der Waals surface area (Å²) in [6.07, 6.45) is 2.61. The first-order chi connectivity index (χ1) is 15.3. The number of rotatable bonds is 8. The maximum absolute atomic E-state index is 12.8. The lowest BCUT2D eigenvalue weighted by molar-refractivity contribution is -0.122. The molecule has 1 aliphatic heterocycles. The molecule has 1 fully saturated rings. The molecule has 2 aromatic carbocycles. The average Bonchev–Trinajstić information content (AvgIpc) is 3.03. The first-order valence-electron chi connectivity index (χ1n) is 10.2. The Bertz CT molecular complexity index is 1080. The number of methoxy groups -OCH3 is 2. The number of amides is 2. The van der Waals surface area contributed by atoms with Crippen molar-refractivity contribution < 1.29 is 19.1 Å². The summed E-state index contributed by atoms with van der Waals surface area (Å²) in [6.45, 7) is 4.38. The maximum Gasteiger partial charge on any atom is 0.266 e. The third-order valence-corrected chi connectivity index (χ3v) is 6.40. The molecule has 2 aromatic rings. The van der Waals surface area contributed by atoms with Crippen LogP contribution in [-0.4, -0.2) is 41.8 Å². The first kappa shape index (κ1) is 23.8. The van der Waals surface area contributed by atoms with Gasteiger partial charge in [0.2, 0.25) is 5.91 Å². The summed E-state index contributed by atoms with van der Waals surface area (Å²) in [7, 11) is 3.14. The Morgan fingerprint density at radius 1 is 1.12 bits per heavy atom. The van der Waals surface area contributed by atoms with Crippen molar-refractivity contribution in [1.82, 2.24) is 4.90 Å². The highest BCUT2D eigenvalue weighted by atomic mass is 32.2. The predicted octanol–water partition coefficient (Wildman–Crippen LogP) is 4.94. The van der Waals surface area contributed by atoms with Crippen molar-refractivity contribution >= 4 is 51.9 Å². The molecule has 0 bridgehead atoms. The van der Waals surface area contributed by atoms with E-state index in [0.29, 0.717) is 40.1 Å². The summed E-state index contributed by atoms with van der Waals surface area (Å²) in [5.41, 5.74) is 3.80. The molecule has 1 heterocycles. The van der Waals surface area contributed by atoms with Crippen LogP contribution in [0, 0.1) is 13.8 Å². The third-order valence-electron chi connectivity index (χ3n) is 5.02. The Balaban J connectivity index is 1.58. The van der Waals surface area contributed by atoms with E-state index in [1.807, 2.05) is 44.2 Å². The van der Waals surface area contributed by atoms with Gasteiger partial charge in [-0.25, -0.2) is 0 Å². The van der Waals surface area contributed by atoms with Gasteiger partial charge in [-0.1, -0.05) is 47.7 Å². The van der Waals surface area contributed by atoms with Gasteiger partial charge in [0, 0.05) is 18.7 Å². The number of benzene rings is 2. The lowest BCUT2D eigenvalue weighted by Crippen LogP contribution is -2.29. The lowest BCUT2D eigenvalue weighted by Gasteiger charge is -2.14. The highest BCUT2D eigenvalue weighted by Crippen LogP contribution is 2.34. The number of nitrogens with zero attached hydrogens (tertiary/aromatic N) is 1. The third kappa shape index (κ3) is 5.69. The van der Waals surface area contributed by atoms with Crippen molar-refractivity contribution in [2.75, 3.05) is 26.1 Å². The minimum absolute atomic E-state index is 0.0803. The minimum Gasteiger partial charge on any atom is -0.493 e. The van der Waals surface area contributed by atoms with Gasteiger partial charge in [0.15, 0.2) is 11.5 Å². The Labute approximate surface area is 198 Å². The zero-order valence-corrected chi connectivity index (χ0v) is 20.2. The van der Waals surface area contributed by atoms with Crippen molar-refractivity contribution in [1.29, 1.82) is 0 Å². The molecule has 0 aliphatic carbocycles. The highest BCUT2D eigenvalue weighted by molar-refractivity contribution is 8.26. The number of thioether (sulfide) groups is 1. The second kappa shape index (κ2) is 10.7. The molecule has 2 amide bonds. The van der Waals surface area contributed by atoms with E-state index < -0.39 is 0 Å². The van der Waals surface area contributed by atoms with E-state index in [4.69, 9.17) is 21.7 Å². The van der Waals surface area contributed by atoms with E-state index >= 15 is 0 Å². The SMILES string of the molecule is COc1ccc(C=C2SC(=S)N(CCCC(=O)Nc3ccc(C)cc3C)C2=O)cc1OC. The van der Waals surface area contributed by atoms with Gasteiger partial charge in [-0.15, -0.1) is 0 Å². The fourth-order valence-corrected chi connectivity index (χ4v) is 4.66. The zero-order valence-electron chi connectivity index (χ0n) is 18.6. The number of aryl methyl sites for hydroxylation is 2. The normalized spacial score (nSPS) is 14.8. The highest BCUT2D eigenvalue weighted by Gasteiger charge is 2.31. The van der Waals surface area contributed by atoms with Crippen LogP contribution in [0.4, 0.5) is 5.69 Å². The van der Waals surface area contributed by atoms with E-state index in [0.717, 1.165) is 22.4 Å². The topological polar surface area (TPSA) is 67.9 Å². The van der Waals surface area contributed by atoms with Gasteiger partial charge in [0.1, 0.15) is 4.32 Å². The summed E-state index contributed by atoms with van der Waals surface area (Å²) in [4.78, 5) is 27.2. The molecule has 6 nitrogen and oxygen atoms in total. The van der Waals surface area contributed by atoms with Crippen LogP contribution in [0.25, 0.3) is 6.08 Å². The van der Waals surface area contributed by atoms with Gasteiger partial charge >= 0.3 is 0 Å². The van der Waals surface area contributed by atoms with Crippen LogP contribution in [0.1, 0.15) is 29.5 Å². The smallest absolute Gasteiger partial charge is 0.266 e. The number of hydrogen-bond donors (Lipinski definition) is 1. The number of thiocarbonyl (C=S) groups is 1. The van der Waals surface area contributed by atoms with Crippen LogP contribution >= 0.6 is 24.0 Å². The summed E-state index contributed by atoms with van der Waals surface area (Å²) in [6, 6.07) is 11.4. The minimum atomic E-state index is -0.149. The molecule has 0 aromatic heterocycles. The fourth-order valence-electron chi connectivity index (χ4n) is 3.35. The van der Waals surface area contributed by atoms with E-state index in [9.17, 15) is 9.59 Å². The summed E-state index contributed by atoms with van der Waals surface area (Å²) >= 11 is 6.66. The molecule has 0 spiro atoms. The van der Waals surface area contributed by atoms with Gasteiger partial charge in [-0.05, 0) is 55.7 Å². The molecule has 0 unspecified atom stereocenters. The summed E-state index contributed by atoms with van der Waals surface area (Å²) < 4.78 is 11.1. The molecule has 8 heteroatoms. The van der Waals surface area contributed by atoms with Crippen LogP contribution < -0.4 is 14.8 Å². The van der Waals surface area contributed by atoms with E-state index in [1.54, 1.807) is 31.3 Å². The van der Waals surface area contributed by atoms with Crippen LogP contribution in [0.15, 0.2) is 41.3 Å². The second-order valence-corrected chi connectivity index (χ2v) is 9.09. The Kier molecular flexibility index (Phi) is 7.93. The molecule has 168 valence electrons. The van der Waals surface area contributed by atoms with Gasteiger partial charge in [-0.2, -0.15) is 0 Å². The Morgan fingerprint density at radius 2 is 1.88 bits per heavy atom. The van der Waals surface area contributed by atoms with Crippen molar-refractivity contribution in [2.45, 2.75) is 26.7 Å². The molecule has 3 rings (SSSR count). The van der Waals surface area contributed by atoms with Gasteiger partial charge in [0.05, 0.1) is 19.1 Å². The number of carbonyl (C=O) groups is 2. The monoisotopic (exact) mass is 470 g/mol. The van der Waals surface area contributed by atoms with Gasteiger partial charge in [0.25, 0.3) is 5.91 Å². The van der Waals surface area contributed by atoms with Crippen LogP contribution in [0.3, 0.4) is 0 Å². The molecular weight excluding hydrogens is 444 g/mol. The molecule has 1 N–H and O–H groups in total. The van der Waals surface area contributed by atoms with Crippen LogP contribution in [0.5, 0.6) is 11.5 Å².